The standard InChI is InChI=1S/C13H22N2O2/c1-4-7-13(5-2)11(17)15-9-6-8-12(15,3)10(16)14-13/h4-9H2,1-3H3,(H,14,16)/t12-,13?/m0/s1. The minimum Gasteiger partial charge on any atom is -0.340 e. The Bertz CT molecular complexity index is 355. The van der Waals surface area contributed by atoms with E-state index < -0.39 is 11.1 Å². The van der Waals surface area contributed by atoms with Crippen LogP contribution in [0.5, 0.6) is 0 Å². The van der Waals surface area contributed by atoms with Crippen LogP contribution >= 0.6 is 0 Å². The van der Waals surface area contributed by atoms with Gasteiger partial charge in [0.25, 0.3) is 0 Å². The molecule has 2 atom stereocenters. The van der Waals surface area contributed by atoms with E-state index >= 15 is 0 Å². The van der Waals surface area contributed by atoms with Crippen LogP contribution in [0.15, 0.2) is 0 Å². The maximum absolute atomic E-state index is 12.6. The monoisotopic (exact) mass is 238 g/mol. The maximum atomic E-state index is 12.6. The molecule has 0 aromatic heterocycles. The van der Waals surface area contributed by atoms with Gasteiger partial charge in [0.15, 0.2) is 0 Å². The van der Waals surface area contributed by atoms with Crippen LogP contribution in [0.2, 0.25) is 0 Å². The molecule has 1 N–H and O–H groups in total. The maximum Gasteiger partial charge on any atom is 0.249 e. The average Bonchev–Trinajstić information content (AvgIpc) is 2.70. The molecule has 0 spiro atoms. The van der Waals surface area contributed by atoms with Gasteiger partial charge in [-0.3, -0.25) is 9.59 Å². The number of fused-ring (bicyclic) bond motifs is 1. The molecular weight excluding hydrogens is 216 g/mol. The Hall–Kier alpha value is -1.06. The molecule has 0 saturated carbocycles. The Balaban J connectivity index is 2.36. The van der Waals surface area contributed by atoms with Gasteiger partial charge in [0.1, 0.15) is 11.1 Å². The quantitative estimate of drug-likeness (QED) is 0.809. The summed E-state index contributed by atoms with van der Waals surface area (Å²) in [6.45, 7) is 6.65. The van der Waals surface area contributed by atoms with Gasteiger partial charge in [-0.05, 0) is 32.6 Å². The number of hydrogen-bond acceptors (Lipinski definition) is 2. The summed E-state index contributed by atoms with van der Waals surface area (Å²) in [5, 5.41) is 3.01. The second kappa shape index (κ2) is 4.00. The van der Waals surface area contributed by atoms with Crippen molar-refractivity contribution in [1.29, 1.82) is 0 Å². The zero-order valence-electron chi connectivity index (χ0n) is 11.0. The van der Waals surface area contributed by atoms with Gasteiger partial charge in [-0.2, -0.15) is 0 Å². The van der Waals surface area contributed by atoms with Crippen LogP contribution in [-0.2, 0) is 9.59 Å². The second-order valence-corrected chi connectivity index (χ2v) is 5.47. The van der Waals surface area contributed by atoms with Crippen molar-refractivity contribution in [2.45, 2.75) is 64.0 Å². The fourth-order valence-corrected chi connectivity index (χ4v) is 3.20. The number of carbonyl (C=O) groups excluding carboxylic acids is 2. The molecule has 2 rings (SSSR count). The first-order valence-electron chi connectivity index (χ1n) is 6.65. The minimum atomic E-state index is -0.643. The van der Waals surface area contributed by atoms with Crippen molar-refractivity contribution in [3.63, 3.8) is 0 Å². The molecule has 2 amide bonds. The van der Waals surface area contributed by atoms with E-state index in [4.69, 9.17) is 0 Å². The number of amides is 2. The molecule has 2 fully saturated rings. The van der Waals surface area contributed by atoms with E-state index in [1.807, 2.05) is 18.7 Å². The molecule has 1 unspecified atom stereocenters. The van der Waals surface area contributed by atoms with E-state index in [0.29, 0.717) is 6.42 Å². The first-order chi connectivity index (χ1) is 8.00. The first kappa shape index (κ1) is 12.4. The molecule has 96 valence electrons. The predicted octanol–water partition coefficient (Wildman–Crippen LogP) is 1.45. The van der Waals surface area contributed by atoms with Crippen LogP contribution < -0.4 is 5.32 Å². The van der Waals surface area contributed by atoms with Crippen molar-refractivity contribution in [3.05, 3.63) is 0 Å². The number of rotatable bonds is 3. The molecule has 0 aromatic rings. The van der Waals surface area contributed by atoms with Crippen LogP contribution in [0.1, 0.15) is 52.9 Å². The van der Waals surface area contributed by atoms with Gasteiger partial charge in [-0.25, -0.2) is 0 Å². The van der Waals surface area contributed by atoms with E-state index in [2.05, 4.69) is 12.2 Å². The molecular formula is C13H22N2O2. The van der Waals surface area contributed by atoms with Crippen molar-refractivity contribution < 1.29 is 9.59 Å². The highest BCUT2D eigenvalue weighted by atomic mass is 16.2. The lowest BCUT2D eigenvalue weighted by molar-refractivity contribution is -0.159. The molecule has 2 aliphatic rings. The fraction of sp³-hybridized carbons (Fsp3) is 0.846. The summed E-state index contributed by atoms with van der Waals surface area (Å²) in [6.07, 6.45) is 4.04. The zero-order valence-corrected chi connectivity index (χ0v) is 11.0. The number of piperazine rings is 1. The highest BCUT2D eigenvalue weighted by Crippen LogP contribution is 2.37. The van der Waals surface area contributed by atoms with Gasteiger partial charge in [-0.1, -0.05) is 20.3 Å². The summed E-state index contributed by atoms with van der Waals surface area (Å²) in [5.41, 5.74) is -1.24. The smallest absolute Gasteiger partial charge is 0.249 e. The summed E-state index contributed by atoms with van der Waals surface area (Å²) in [6, 6.07) is 0. The van der Waals surface area contributed by atoms with Crippen molar-refractivity contribution >= 4 is 11.8 Å². The van der Waals surface area contributed by atoms with Gasteiger partial charge >= 0.3 is 0 Å². The van der Waals surface area contributed by atoms with Gasteiger partial charge < -0.3 is 10.2 Å². The molecule has 0 aromatic carbocycles. The Morgan fingerprint density at radius 3 is 2.65 bits per heavy atom. The molecule has 0 radical (unpaired) electrons. The lowest BCUT2D eigenvalue weighted by Crippen LogP contribution is -2.73. The molecule has 4 nitrogen and oxygen atoms in total. The first-order valence-corrected chi connectivity index (χ1v) is 6.65. The molecule has 0 bridgehead atoms. The van der Waals surface area contributed by atoms with E-state index in [0.717, 1.165) is 32.2 Å². The second-order valence-electron chi connectivity index (χ2n) is 5.47. The lowest BCUT2D eigenvalue weighted by Gasteiger charge is -2.48. The van der Waals surface area contributed by atoms with Crippen molar-refractivity contribution in [2.75, 3.05) is 6.54 Å². The van der Waals surface area contributed by atoms with Gasteiger partial charge in [0.05, 0.1) is 0 Å². The lowest BCUT2D eigenvalue weighted by atomic mass is 9.82. The van der Waals surface area contributed by atoms with Crippen molar-refractivity contribution in [3.8, 4) is 0 Å². The SMILES string of the molecule is CCCC1(CC)NC(=O)[C@]2(C)CCCN2C1=O. The minimum absolute atomic E-state index is 0.0323. The van der Waals surface area contributed by atoms with Crippen LogP contribution in [0.25, 0.3) is 0 Å². The summed E-state index contributed by atoms with van der Waals surface area (Å²) in [5.74, 6) is 0.159. The third kappa shape index (κ3) is 1.57. The Labute approximate surface area is 103 Å². The highest BCUT2D eigenvalue weighted by Gasteiger charge is 2.56. The summed E-state index contributed by atoms with van der Waals surface area (Å²) in [7, 11) is 0. The number of hydrogen-bond donors (Lipinski definition) is 1. The van der Waals surface area contributed by atoms with E-state index in [9.17, 15) is 9.59 Å². The third-order valence-electron chi connectivity index (χ3n) is 4.42. The Morgan fingerprint density at radius 2 is 2.06 bits per heavy atom. The van der Waals surface area contributed by atoms with Gasteiger partial charge in [0, 0.05) is 6.54 Å². The van der Waals surface area contributed by atoms with Crippen LogP contribution in [0.3, 0.4) is 0 Å². The predicted molar refractivity (Wildman–Crippen MR) is 65.4 cm³/mol. The van der Waals surface area contributed by atoms with Crippen LogP contribution in [-0.4, -0.2) is 34.3 Å². The zero-order chi connectivity index (χ0) is 12.7. The Kier molecular flexibility index (Phi) is 2.92. The highest BCUT2D eigenvalue weighted by molar-refractivity contribution is 6.02. The summed E-state index contributed by atoms with van der Waals surface area (Å²) in [4.78, 5) is 26.7. The number of nitrogens with zero attached hydrogens (tertiary/aromatic N) is 1. The van der Waals surface area contributed by atoms with E-state index in [1.165, 1.54) is 0 Å². The normalized spacial score (nSPS) is 37.0. The van der Waals surface area contributed by atoms with Crippen molar-refractivity contribution in [1.82, 2.24) is 10.2 Å². The fourth-order valence-electron chi connectivity index (χ4n) is 3.20. The van der Waals surface area contributed by atoms with Gasteiger partial charge in [0.2, 0.25) is 11.8 Å². The molecule has 4 heteroatoms. The summed E-state index contributed by atoms with van der Waals surface area (Å²) < 4.78 is 0. The molecule has 2 saturated heterocycles. The average molecular weight is 238 g/mol. The Morgan fingerprint density at radius 1 is 1.35 bits per heavy atom. The molecule has 2 heterocycles. The largest absolute Gasteiger partial charge is 0.340 e. The molecule has 17 heavy (non-hydrogen) atoms. The van der Waals surface area contributed by atoms with E-state index in [1.54, 1.807) is 0 Å². The van der Waals surface area contributed by atoms with Gasteiger partial charge in [-0.15, -0.1) is 0 Å². The third-order valence-corrected chi connectivity index (χ3v) is 4.42. The van der Waals surface area contributed by atoms with E-state index in [-0.39, 0.29) is 11.8 Å². The number of carbonyl (C=O) groups is 2. The van der Waals surface area contributed by atoms with Crippen molar-refractivity contribution in [2.24, 2.45) is 0 Å². The van der Waals surface area contributed by atoms with Crippen LogP contribution in [0.4, 0.5) is 0 Å². The van der Waals surface area contributed by atoms with Crippen LogP contribution in [0, 0.1) is 0 Å². The number of nitrogens with one attached hydrogen (secondary N) is 1. The molecule has 2 aliphatic heterocycles. The molecule has 0 aliphatic carbocycles. The topological polar surface area (TPSA) is 49.4 Å². The summed E-state index contributed by atoms with van der Waals surface area (Å²) >= 11 is 0.